The fourth-order valence-electron chi connectivity index (χ4n) is 4.79. The number of likely N-dealkylation sites (tertiary alicyclic amines) is 1. The monoisotopic (exact) mass is 638 g/mol. The lowest BCUT2D eigenvalue weighted by Gasteiger charge is -2.28. The van der Waals surface area contributed by atoms with Gasteiger partial charge in [-0.05, 0) is 52.9 Å². The molecule has 1 aliphatic heterocycles. The molecule has 3 aromatic rings. The maximum Gasteiger partial charge on any atom is 0.410 e. The molecule has 1 heterocycles. The molecule has 0 spiro atoms. The Kier molecular flexibility index (Phi) is 11.0. The standard InChI is InChI=1S/C30H30N4O10S/c1-19(35)45-26-14-27(32(16-26)30(38)44-18-21-7-11-25(12-8-21)34(41)42)28(36)23-4-2-3-22(13-23)15-31-29(37)43-17-20-5-9-24(10-6-20)33(39)40/h2-13,26-28,36H,14-18H2,1H3,(H,31,37)/t26-,27-,28?/m0/s1. The Morgan fingerprint density at radius 3 is 2.07 bits per heavy atom. The zero-order chi connectivity index (χ0) is 32.5. The first-order chi connectivity index (χ1) is 21.5. The molecule has 0 aliphatic carbocycles. The van der Waals surface area contributed by atoms with Crippen LogP contribution in [0.3, 0.4) is 0 Å². The SMILES string of the molecule is CC(=O)S[C@H]1C[C@@H](C(O)c2cccc(CNC(=O)OCc3ccc([N+](=O)[O-])cc3)c2)N(C(=O)OCc2ccc([N+](=O)[O-])cc2)C1. The van der Waals surface area contributed by atoms with Crippen LogP contribution in [0.15, 0.2) is 72.8 Å². The zero-order valence-electron chi connectivity index (χ0n) is 24.1. The fourth-order valence-corrected chi connectivity index (χ4v) is 5.79. The molecule has 0 bridgehead atoms. The van der Waals surface area contributed by atoms with Crippen LogP contribution in [-0.4, -0.2) is 55.0 Å². The third-order valence-electron chi connectivity index (χ3n) is 6.99. The van der Waals surface area contributed by atoms with E-state index in [2.05, 4.69) is 5.32 Å². The van der Waals surface area contributed by atoms with Gasteiger partial charge in [-0.15, -0.1) is 0 Å². The van der Waals surface area contributed by atoms with E-state index in [4.69, 9.17) is 9.47 Å². The van der Waals surface area contributed by atoms with Crippen molar-refractivity contribution < 1.29 is 38.8 Å². The van der Waals surface area contributed by atoms with Crippen molar-refractivity contribution in [1.82, 2.24) is 10.2 Å². The zero-order valence-corrected chi connectivity index (χ0v) is 24.9. The van der Waals surface area contributed by atoms with Crippen LogP contribution in [0.2, 0.25) is 0 Å². The van der Waals surface area contributed by atoms with Gasteiger partial charge in [-0.2, -0.15) is 0 Å². The molecule has 2 amide bonds. The molecule has 15 heteroatoms. The number of nitrogens with zero attached hydrogens (tertiary/aromatic N) is 3. The second-order valence-corrected chi connectivity index (χ2v) is 11.7. The Hall–Kier alpha value is -5.02. The smallest absolute Gasteiger partial charge is 0.410 e. The summed E-state index contributed by atoms with van der Waals surface area (Å²) in [7, 11) is 0. The van der Waals surface area contributed by atoms with E-state index in [0.29, 0.717) is 28.7 Å². The summed E-state index contributed by atoms with van der Waals surface area (Å²) >= 11 is 1.08. The Labute approximate surface area is 261 Å². The lowest BCUT2D eigenvalue weighted by atomic mass is 9.98. The van der Waals surface area contributed by atoms with Crippen LogP contribution in [0.1, 0.15) is 41.7 Å². The number of benzene rings is 3. The number of nitro benzene ring substituents is 2. The third kappa shape index (κ3) is 9.23. The highest BCUT2D eigenvalue weighted by atomic mass is 32.2. The number of aliphatic hydroxyl groups is 1. The van der Waals surface area contributed by atoms with Gasteiger partial charge in [0.2, 0.25) is 0 Å². The topological polar surface area (TPSA) is 191 Å². The number of thioether (sulfide) groups is 1. The molecular weight excluding hydrogens is 608 g/mol. The average molecular weight is 639 g/mol. The first-order valence-electron chi connectivity index (χ1n) is 13.7. The van der Waals surface area contributed by atoms with Crippen molar-refractivity contribution in [2.45, 2.75) is 50.5 Å². The van der Waals surface area contributed by atoms with Crippen LogP contribution in [0, 0.1) is 20.2 Å². The van der Waals surface area contributed by atoms with Crippen LogP contribution in [0.25, 0.3) is 0 Å². The molecule has 3 atom stereocenters. The maximum atomic E-state index is 13.1. The van der Waals surface area contributed by atoms with E-state index in [-0.39, 0.29) is 48.0 Å². The van der Waals surface area contributed by atoms with E-state index < -0.39 is 34.2 Å². The Morgan fingerprint density at radius 2 is 1.51 bits per heavy atom. The summed E-state index contributed by atoms with van der Waals surface area (Å²) in [5.41, 5.74) is 2.10. The highest BCUT2D eigenvalue weighted by molar-refractivity contribution is 8.14. The molecule has 1 aliphatic rings. The van der Waals surface area contributed by atoms with E-state index in [0.717, 1.165) is 11.8 Å². The highest BCUT2D eigenvalue weighted by Crippen LogP contribution is 2.35. The predicted molar refractivity (Wildman–Crippen MR) is 162 cm³/mol. The number of hydrogen-bond acceptors (Lipinski definition) is 11. The predicted octanol–water partition coefficient (Wildman–Crippen LogP) is 5.02. The van der Waals surface area contributed by atoms with Crippen LogP contribution in [0.5, 0.6) is 0 Å². The molecule has 14 nitrogen and oxygen atoms in total. The molecule has 0 aromatic heterocycles. The van der Waals surface area contributed by atoms with Crippen molar-refractivity contribution in [3.05, 3.63) is 115 Å². The Balaban J connectivity index is 1.36. The summed E-state index contributed by atoms with van der Waals surface area (Å²) in [5, 5.41) is 35.3. The van der Waals surface area contributed by atoms with Gasteiger partial charge >= 0.3 is 12.2 Å². The number of nitro groups is 2. The van der Waals surface area contributed by atoms with Gasteiger partial charge in [-0.3, -0.25) is 25.0 Å². The van der Waals surface area contributed by atoms with E-state index in [9.17, 15) is 39.7 Å². The number of aliphatic hydroxyl groups excluding tert-OH is 1. The number of amides is 2. The Morgan fingerprint density at radius 1 is 0.933 bits per heavy atom. The summed E-state index contributed by atoms with van der Waals surface area (Å²) in [6.07, 6.45) is -2.21. The molecule has 1 saturated heterocycles. The van der Waals surface area contributed by atoms with Gasteiger partial charge in [0.15, 0.2) is 5.12 Å². The lowest BCUT2D eigenvalue weighted by molar-refractivity contribution is -0.385. The minimum Gasteiger partial charge on any atom is -0.445 e. The number of carbonyl (C=O) groups excluding carboxylic acids is 3. The summed E-state index contributed by atoms with van der Waals surface area (Å²) in [5.74, 6) is 0. The van der Waals surface area contributed by atoms with E-state index in [1.807, 2.05) is 0 Å². The second-order valence-electron chi connectivity index (χ2n) is 10.2. The van der Waals surface area contributed by atoms with Crippen molar-refractivity contribution >= 4 is 40.4 Å². The van der Waals surface area contributed by atoms with Gasteiger partial charge in [0.05, 0.1) is 22.0 Å². The van der Waals surface area contributed by atoms with Gasteiger partial charge in [-0.25, -0.2) is 9.59 Å². The number of carbonyl (C=O) groups is 3. The molecule has 2 N–H and O–H groups in total. The largest absolute Gasteiger partial charge is 0.445 e. The van der Waals surface area contributed by atoms with Crippen LogP contribution >= 0.6 is 11.8 Å². The molecule has 45 heavy (non-hydrogen) atoms. The van der Waals surface area contributed by atoms with Crippen molar-refractivity contribution in [1.29, 1.82) is 0 Å². The van der Waals surface area contributed by atoms with Crippen LogP contribution in [0.4, 0.5) is 21.0 Å². The maximum absolute atomic E-state index is 13.1. The molecule has 1 unspecified atom stereocenters. The highest BCUT2D eigenvalue weighted by Gasteiger charge is 2.41. The van der Waals surface area contributed by atoms with Crippen LogP contribution < -0.4 is 5.32 Å². The van der Waals surface area contributed by atoms with Crippen molar-refractivity contribution in [3.8, 4) is 0 Å². The molecule has 3 aromatic carbocycles. The molecule has 4 rings (SSSR count). The van der Waals surface area contributed by atoms with Gasteiger partial charge in [0, 0.05) is 49.5 Å². The molecule has 0 radical (unpaired) electrons. The van der Waals surface area contributed by atoms with Crippen molar-refractivity contribution in [3.63, 3.8) is 0 Å². The first-order valence-corrected chi connectivity index (χ1v) is 14.6. The van der Waals surface area contributed by atoms with Gasteiger partial charge in [0.25, 0.3) is 11.4 Å². The summed E-state index contributed by atoms with van der Waals surface area (Å²) < 4.78 is 10.6. The second kappa shape index (κ2) is 15.1. The number of hydrogen-bond donors (Lipinski definition) is 2. The molecular formula is C30H30N4O10S. The summed E-state index contributed by atoms with van der Waals surface area (Å²) in [4.78, 5) is 59.2. The summed E-state index contributed by atoms with van der Waals surface area (Å²) in [6.45, 7) is 1.46. The van der Waals surface area contributed by atoms with E-state index >= 15 is 0 Å². The van der Waals surface area contributed by atoms with Crippen LogP contribution in [-0.2, 0) is 34.0 Å². The molecule has 0 saturated carbocycles. The number of ether oxygens (including phenoxy) is 2. The van der Waals surface area contributed by atoms with E-state index in [1.54, 1.807) is 24.3 Å². The molecule has 1 fully saturated rings. The average Bonchev–Trinajstić information content (AvgIpc) is 3.44. The minimum atomic E-state index is -1.14. The molecule has 236 valence electrons. The lowest BCUT2D eigenvalue weighted by Crippen LogP contribution is -2.39. The quantitative estimate of drug-likeness (QED) is 0.212. The minimum absolute atomic E-state index is 0.0711. The van der Waals surface area contributed by atoms with Gasteiger partial charge in [-0.1, -0.05) is 36.0 Å². The first kappa shape index (κ1) is 32.9. The van der Waals surface area contributed by atoms with Crippen molar-refractivity contribution in [2.75, 3.05) is 6.54 Å². The summed E-state index contributed by atoms with van der Waals surface area (Å²) in [6, 6.07) is 17.3. The van der Waals surface area contributed by atoms with E-state index in [1.165, 1.54) is 60.4 Å². The number of non-ortho nitro benzene ring substituents is 2. The van der Waals surface area contributed by atoms with Gasteiger partial charge in [0.1, 0.15) is 13.2 Å². The fraction of sp³-hybridized carbons (Fsp3) is 0.300. The number of nitrogens with one attached hydrogen (secondary N) is 1. The van der Waals surface area contributed by atoms with Gasteiger partial charge < -0.3 is 24.8 Å². The number of alkyl carbamates (subject to hydrolysis) is 1. The number of rotatable bonds is 11. The normalized spacial score (nSPS) is 16.4. The third-order valence-corrected chi connectivity index (χ3v) is 8.00. The Bertz CT molecular complexity index is 1550. The van der Waals surface area contributed by atoms with Crippen molar-refractivity contribution in [2.24, 2.45) is 0 Å².